The van der Waals surface area contributed by atoms with E-state index in [1.807, 2.05) is 12.1 Å². The molecule has 2 rings (SSSR count). The number of pyridine rings is 1. The molecule has 0 atom stereocenters. The van der Waals surface area contributed by atoms with Crippen molar-refractivity contribution in [3.05, 3.63) is 62.4 Å². The number of nitro benzene ring substituents is 1. The standard InChI is InChI=1S/C14H14BrN3O2/c1-2-10-4-3-7-16-13(10)9-17-12-6-5-11(15)8-14(12)18(19)20/h3-8,17H,2,9H2,1H3. The maximum atomic E-state index is 11.0. The Labute approximate surface area is 125 Å². The van der Waals surface area contributed by atoms with Crippen LogP contribution in [-0.4, -0.2) is 9.91 Å². The molecular formula is C14H14BrN3O2. The van der Waals surface area contributed by atoms with Crippen LogP contribution in [0.3, 0.4) is 0 Å². The van der Waals surface area contributed by atoms with Crippen molar-refractivity contribution in [2.45, 2.75) is 19.9 Å². The Morgan fingerprint density at radius 2 is 2.20 bits per heavy atom. The Bertz CT molecular complexity index is 632. The van der Waals surface area contributed by atoms with Gasteiger partial charge in [-0.25, -0.2) is 0 Å². The summed E-state index contributed by atoms with van der Waals surface area (Å²) in [5.41, 5.74) is 2.59. The molecule has 0 unspecified atom stereocenters. The molecule has 0 aliphatic carbocycles. The molecule has 0 saturated heterocycles. The number of aromatic nitrogens is 1. The van der Waals surface area contributed by atoms with E-state index in [4.69, 9.17) is 0 Å². The first-order valence-electron chi connectivity index (χ1n) is 6.22. The van der Waals surface area contributed by atoms with E-state index < -0.39 is 4.92 Å². The molecule has 104 valence electrons. The number of benzene rings is 1. The van der Waals surface area contributed by atoms with Crippen molar-refractivity contribution >= 4 is 27.3 Å². The summed E-state index contributed by atoms with van der Waals surface area (Å²) in [5.74, 6) is 0. The third-order valence-corrected chi connectivity index (χ3v) is 3.46. The highest BCUT2D eigenvalue weighted by molar-refractivity contribution is 9.10. The second-order valence-electron chi connectivity index (χ2n) is 4.23. The van der Waals surface area contributed by atoms with Gasteiger partial charge in [0.25, 0.3) is 5.69 Å². The monoisotopic (exact) mass is 335 g/mol. The molecule has 0 bridgehead atoms. The summed E-state index contributed by atoms with van der Waals surface area (Å²) < 4.78 is 0.682. The lowest BCUT2D eigenvalue weighted by atomic mass is 10.1. The minimum atomic E-state index is -0.397. The van der Waals surface area contributed by atoms with E-state index in [9.17, 15) is 10.1 Å². The highest BCUT2D eigenvalue weighted by atomic mass is 79.9. The first-order chi connectivity index (χ1) is 9.61. The van der Waals surface area contributed by atoms with Gasteiger partial charge in [0.2, 0.25) is 0 Å². The Balaban J connectivity index is 2.21. The summed E-state index contributed by atoms with van der Waals surface area (Å²) in [6.07, 6.45) is 2.61. The van der Waals surface area contributed by atoms with E-state index in [0.29, 0.717) is 16.7 Å². The Morgan fingerprint density at radius 1 is 1.40 bits per heavy atom. The maximum Gasteiger partial charge on any atom is 0.293 e. The molecule has 0 aliphatic rings. The van der Waals surface area contributed by atoms with Gasteiger partial charge in [-0.1, -0.05) is 28.9 Å². The van der Waals surface area contributed by atoms with Crippen LogP contribution in [0.5, 0.6) is 0 Å². The molecule has 0 spiro atoms. The zero-order valence-corrected chi connectivity index (χ0v) is 12.6. The summed E-state index contributed by atoms with van der Waals surface area (Å²) in [5, 5.41) is 14.1. The quantitative estimate of drug-likeness (QED) is 0.664. The van der Waals surface area contributed by atoms with Crippen LogP contribution in [0.15, 0.2) is 41.0 Å². The van der Waals surface area contributed by atoms with Crippen molar-refractivity contribution in [3.63, 3.8) is 0 Å². The summed E-state index contributed by atoms with van der Waals surface area (Å²) >= 11 is 3.24. The molecule has 1 aromatic heterocycles. The molecule has 5 nitrogen and oxygen atoms in total. The van der Waals surface area contributed by atoms with Crippen LogP contribution in [0.1, 0.15) is 18.2 Å². The van der Waals surface area contributed by atoms with Gasteiger partial charge in [0, 0.05) is 16.7 Å². The Kier molecular flexibility index (Phi) is 4.68. The predicted octanol–water partition coefficient (Wildman–Crippen LogP) is 3.93. The van der Waals surface area contributed by atoms with Gasteiger partial charge in [0.15, 0.2) is 0 Å². The van der Waals surface area contributed by atoms with Crippen LogP contribution in [0.4, 0.5) is 11.4 Å². The zero-order chi connectivity index (χ0) is 14.5. The zero-order valence-electron chi connectivity index (χ0n) is 11.0. The molecule has 0 radical (unpaired) electrons. The van der Waals surface area contributed by atoms with Gasteiger partial charge in [0.1, 0.15) is 5.69 Å². The molecule has 6 heteroatoms. The topological polar surface area (TPSA) is 68.1 Å². The van der Waals surface area contributed by atoms with Crippen LogP contribution in [0.2, 0.25) is 0 Å². The summed E-state index contributed by atoms with van der Waals surface area (Å²) in [7, 11) is 0. The van der Waals surface area contributed by atoms with E-state index in [1.165, 1.54) is 6.07 Å². The number of nitrogens with zero attached hydrogens (tertiary/aromatic N) is 2. The van der Waals surface area contributed by atoms with E-state index in [0.717, 1.165) is 17.7 Å². The molecule has 20 heavy (non-hydrogen) atoms. The lowest BCUT2D eigenvalue weighted by molar-refractivity contribution is -0.384. The second kappa shape index (κ2) is 6.47. The highest BCUT2D eigenvalue weighted by Crippen LogP contribution is 2.28. The number of halogens is 1. The number of aryl methyl sites for hydroxylation is 1. The molecule has 1 aromatic carbocycles. The van der Waals surface area contributed by atoms with Gasteiger partial charge < -0.3 is 5.32 Å². The van der Waals surface area contributed by atoms with Crippen LogP contribution < -0.4 is 5.32 Å². The lowest BCUT2D eigenvalue weighted by Crippen LogP contribution is -2.06. The van der Waals surface area contributed by atoms with Gasteiger partial charge in [-0.2, -0.15) is 0 Å². The SMILES string of the molecule is CCc1cccnc1CNc1ccc(Br)cc1[N+](=O)[O-]. The first kappa shape index (κ1) is 14.5. The van der Waals surface area contributed by atoms with Crippen molar-refractivity contribution in [2.75, 3.05) is 5.32 Å². The van der Waals surface area contributed by atoms with Crippen LogP contribution in [-0.2, 0) is 13.0 Å². The average Bonchev–Trinajstić information content (AvgIpc) is 2.46. The van der Waals surface area contributed by atoms with Gasteiger partial charge in [-0.05, 0) is 30.2 Å². The molecular weight excluding hydrogens is 322 g/mol. The maximum absolute atomic E-state index is 11.0. The lowest BCUT2D eigenvalue weighted by Gasteiger charge is -2.09. The number of nitrogens with one attached hydrogen (secondary N) is 1. The molecule has 2 aromatic rings. The molecule has 0 saturated carbocycles. The number of hydrogen-bond acceptors (Lipinski definition) is 4. The van der Waals surface area contributed by atoms with Gasteiger partial charge >= 0.3 is 0 Å². The van der Waals surface area contributed by atoms with Crippen molar-refractivity contribution in [1.82, 2.24) is 4.98 Å². The van der Waals surface area contributed by atoms with E-state index in [-0.39, 0.29) is 5.69 Å². The fourth-order valence-electron chi connectivity index (χ4n) is 1.94. The third kappa shape index (κ3) is 3.33. The third-order valence-electron chi connectivity index (χ3n) is 2.97. The first-order valence-corrected chi connectivity index (χ1v) is 7.01. The Hall–Kier alpha value is -1.95. The van der Waals surface area contributed by atoms with Gasteiger partial charge in [-0.3, -0.25) is 15.1 Å². The smallest absolute Gasteiger partial charge is 0.293 e. The fourth-order valence-corrected chi connectivity index (χ4v) is 2.29. The largest absolute Gasteiger partial charge is 0.374 e. The van der Waals surface area contributed by atoms with Crippen LogP contribution >= 0.6 is 15.9 Å². The highest BCUT2D eigenvalue weighted by Gasteiger charge is 2.14. The van der Waals surface area contributed by atoms with Gasteiger partial charge in [0.05, 0.1) is 17.2 Å². The van der Waals surface area contributed by atoms with Crippen LogP contribution in [0.25, 0.3) is 0 Å². The number of anilines is 1. The van der Waals surface area contributed by atoms with E-state index >= 15 is 0 Å². The number of nitro groups is 1. The van der Waals surface area contributed by atoms with Crippen molar-refractivity contribution in [3.8, 4) is 0 Å². The number of hydrogen-bond donors (Lipinski definition) is 1. The fraction of sp³-hybridized carbons (Fsp3) is 0.214. The van der Waals surface area contributed by atoms with Crippen molar-refractivity contribution < 1.29 is 4.92 Å². The summed E-state index contributed by atoms with van der Waals surface area (Å²) in [6.45, 7) is 2.52. The minimum Gasteiger partial charge on any atom is -0.374 e. The predicted molar refractivity (Wildman–Crippen MR) is 81.7 cm³/mol. The van der Waals surface area contributed by atoms with Gasteiger partial charge in [-0.15, -0.1) is 0 Å². The molecule has 0 amide bonds. The molecule has 0 fully saturated rings. The normalized spacial score (nSPS) is 10.3. The van der Waals surface area contributed by atoms with E-state index in [2.05, 4.69) is 33.2 Å². The molecule has 1 N–H and O–H groups in total. The summed E-state index contributed by atoms with van der Waals surface area (Å²) in [4.78, 5) is 15.0. The van der Waals surface area contributed by atoms with E-state index in [1.54, 1.807) is 18.3 Å². The molecule has 1 heterocycles. The Morgan fingerprint density at radius 3 is 2.90 bits per heavy atom. The van der Waals surface area contributed by atoms with Crippen LogP contribution in [0, 0.1) is 10.1 Å². The summed E-state index contributed by atoms with van der Waals surface area (Å²) in [6, 6.07) is 8.86. The molecule has 0 aliphatic heterocycles. The second-order valence-corrected chi connectivity index (χ2v) is 5.15. The minimum absolute atomic E-state index is 0.0494. The number of rotatable bonds is 5. The van der Waals surface area contributed by atoms with Crippen molar-refractivity contribution in [1.29, 1.82) is 0 Å². The average molecular weight is 336 g/mol. The van der Waals surface area contributed by atoms with Crippen molar-refractivity contribution in [2.24, 2.45) is 0 Å².